The Kier molecular flexibility index (Phi) is 2.73. The number of hydrogen-bond donors (Lipinski definition) is 1. The highest BCUT2D eigenvalue weighted by atomic mass is 35.5. The molecule has 1 saturated carbocycles. The maximum atomic E-state index is 13.8. The lowest BCUT2D eigenvalue weighted by molar-refractivity contribution is 0.160. The van der Waals surface area contributed by atoms with Crippen LogP contribution >= 0.6 is 11.6 Å². The van der Waals surface area contributed by atoms with Crippen LogP contribution in [0.2, 0.25) is 5.02 Å². The third-order valence-electron chi connectivity index (χ3n) is 3.39. The van der Waals surface area contributed by atoms with Crippen molar-refractivity contribution >= 4 is 11.6 Å². The van der Waals surface area contributed by atoms with E-state index in [4.69, 9.17) is 17.3 Å². The predicted octanol–water partition coefficient (Wildman–Crippen LogP) is 3.11. The number of halogens is 2. The second-order valence-electron chi connectivity index (χ2n) is 4.60. The van der Waals surface area contributed by atoms with E-state index in [0.29, 0.717) is 18.0 Å². The van der Waals surface area contributed by atoms with Gasteiger partial charge >= 0.3 is 0 Å². The molecule has 2 N–H and O–H groups in total. The van der Waals surface area contributed by atoms with E-state index in [1.54, 1.807) is 18.2 Å². The van der Waals surface area contributed by atoms with E-state index in [-0.39, 0.29) is 16.3 Å². The van der Waals surface area contributed by atoms with Crippen molar-refractivity contribution in [2.45, 2.75) is 25.2 Å². The molecule has 0 amide bonds. The number of rotatable bonds is 2. The van der Waals surface area contributed by atoms with Gasteiger partial charge in [-0.25, -0.2) is 4.39 Å². The van der Waals surface area contributed by atoms with Crippen LogP contribution < -0.4 is 5.73 Å². The molecule has 1 aromatic rings. The monoisotopic (exact) mass is 227 g/mol. The van der Waals surface area contributed by atoms with Gasteiger partial charge in [-0.1, -0.05) is 30.7 Å². The summed E-state index contributed by atoms with van der Waals surface area (Å²) in [5.74, 6) is 0.337. The summed E-state index contributed by atoms with van der Waals surface area (Å²) in [5, 5.41) is 0.194. The van der Waals surface area contributed by atoms with Crippen LogP contribution in [-0.2, 0) is 5.41 Å². The van der Waals surface area contributed by atoms with Gasteiger partial charge < -0.3 is 5.73 Å². The van der Waals surface area contributed by atoms with Crippen molar-refractivity contribution in [2.24, 2.45) is 11.7 Å². The normalized spacial score (nSPS) is 30.0. The Morgan fingerprint density at radius 1 is 1.53 bits per heavy atom. The zero-order valence-corrected chi connectivity index (χ0v) is 9.52. The number of hydrogen-bond acceptors (Lipinski definition) is 1. The number of nitrogens with two attached hydrogens (primary N) is 1. The molecule has 1 aliphatic rings. The van der Waals surface area contributed by atoms with Crippen molar-refractivity contribution in [2.75, 3.05) is 6.54 Å². The van der Waals surface area contributed by atoms with Crippen LogP contribution in [0.5, 0.6) is 0 Å². The first-order chi connectivity index (χ1) is 7.09. The fourth-order valence-electron chi connectivity index (χ4n) is 2.68. The summed E-state index contributed by atoms with van der Waals surface area (Å²) in [5.41, 5.74) is 6.29. The summed E-state index contributed by atoms with van der Waals surface area (Å²) >= 11 is 5.78. The molecule has 0 heterocycles. The zero-order valence-electron chi connectivity index (χ0n) is 8.76. The minimum absolute atomic E-state index is 0.172. The fraction of sp³-hybridized carbons (Fsp3) is 0.500. The Hall–Kier alpha value is -0.600. The Morgan fingerprint density at radius 2 is 2.20 bits per heavy atom. The number of benzene rings is 1. The van der Waals surface area contributed by atoms with Crippen molar-refractivity contribution < 1.29 is 4.39 Å². The molecular weight excluding hydrogens is 213 g/mol. The Morgan fingerprint density at radius 3 is 2.73 bits per heavy atom. The molecule has 1 aliphatic carbocycles. The molecular formula is C12H15ClFN. The van der Waals surface area contributed by atoms with E-state index >= 15 is 0 Å². The third kappa shape index (κ3) is 1.66. The third-order valence-corrected chi connectivity index (χ3v) is 3.68. The van der Waals surface area contributed by atoms with E-state index in [0.717, 1.165) is 12.8 Å². The van der Waals surface area contributed by atoms with Gasteiger partial charge in [0.05, 0.1) is 5.02 Å². The summed E-state index contributed by atoms with van der Waals surface area (Å²) < 4.78 is 13.8. The molecule has 1 nitrogen and oxygen atoms in total. The lowest BCUT2D eigenvalue weighted by atomic mass is 9.59. The quantitative estimate of drug-likeness (QED) is 0.826. The van der Waals surface area contributed by atoms with E-state index in [9.17, 15) is 4.39 Å². The van der Waals surface area contributed by atoms with Gasteiger partial charge in [0.1, 0.15) is 5.82 Å². The molecule has 15 heavy (non-hydrogen) atoms. The standard InChI is InChI=1S/C12H15ClFN/c1-8-5-12(6-8,7-15)9-3-2-4-10(13)11(9)14/h2-4,8H,5-7,15H2,1H3. The summed E-state index contributed by atoms with van der Waals surface area (Å²) in [4.78, 5) is 0. The lowest BCUT2D eigenvalue weighted by Gasteiger charge is -2.46. The van der Waals surface area contributed by atoms with E-state index in [1.807, 2.05) is 0 Å². The van der Waals surface area contributed by atoms with Crippen LogP contribution in [0.15, 0.2) is 18.2 Å². The summed E-state index contributed by atoms with van der Waals surface area (Å²) in [7, 11) is 0. The van der Waals surface area contributed by atoms with Gasteiger partial charge in [0, 0.05) is 12.0 Å². The van der Waals surface area contributed by atoms with Crippen molar-refractivity contribution in [3.63, 3.8) is 0 Å². The molecule has 0 radical (unpaired) electrons. The molecule has 82 valence electrons. The minimum atomic E-state index is -0.295. The van der Waals surface area contributed by atoms with Crippen molar-refractivity contribution in [3.05, 3.63) is 34.6 Å². The highest BCUT2D eigenvalue weighted by Crippen LogP contribution is 2.48. The lowest BCUT2D eigenvalue weighted by Crippen LogP contribution is -2.46. The topological polar surface area (TPSA) is 26.0 Å². The van der Waals surface area contributed by atoms with Crippen LogP contribution in [0, 0.1) is 11.7 Å². The fourth-order valence-corrected chi connectivity index (χ4v) is 2.86. The molecule has 1 aromatic carbocycles. The smallest absolute Gasteiger partial charge is 0.145 e. The van der Waals surface area contributed by atoms with Gasteiger partial charge in [-0.05, 0) is 30.4 Å². The molecule has 2 rings (SSSR count). The summed E-state index contributed by atoms with van der Waals surface area (Å²) in [6, 6.07) is 5.17. The SMILES string of the molecule is CC1CC(CN)(c2cccc(Cl)c2F)C1. The molecule has 1 fully saturated rings. The largest absolute Gasteiger partial charge is 0.330 e. The molecule has 0 atom stereocenters. The Bertz CT molecular complexity index is 372. The summed E-state index contributed by atoms with van der Waals surface area (Å²) in [6.45, 7) is 2.66. The second-order valence-corrected chi connectivity index (χ2v) is 5.01. The van der Waals surface area contributed by atoms with Crippen LogP contribution in [-0.4, -0.2) is 6.54 Å². The van der Waals surface area contributed by atoms with E-state index in [1.165, 1.54) is 0 Å². The van der Waals surface area contributed by atoms with Crippen LogP contribution in [0.4, 0.5) is 4.39 Å². The van der Waals surface area contributed by atoms with Crippen molar-refractivity contribution in [3.8, 4) is 0 Å². The van der Waals surface area contributed by atoms with Crippen molar-refractivity contribution in [1.82, 2.24) is 0 Å². The second kappa shape index (κ2) is 3.76. The van der Waals surface area contributed by atoms with Gasteiger partial charge in [-0.15, -0.1) is 0 Å². The maximum absolute atomic E-state index is 13.8. The predicted molar refractivity (Wildman–Crippen MR) is 60.5 cm³/mol. The molecule has 0 bridgehead atoms. The van der Waals surface area contributed by atoms with Crippen molar-refractivity contribution in [1.29, 1.82) is 0 Å². The van der Waals surface area contributed by atoms with Crippen LogP contribution in [0.3, 0.4) is 0 Å². The average Bonchev–Trinajstić information content (AvgIpc) is 2.17. The van der Waals surface area contributed by atoms with Gasteiger partial charge in [-0.3, -0.25) is 0 Å². The molecule has 0 aliphatic heterocycles. The van der Waals surface area contributed by atoms with Crippen LogP contribution in [0.25, 0.3) is 0 Å². The van der Waals surface area contributed by atoms with Gasteiger partial charge in [0.2, 0.25) is 0 Å². The maximum Gasteiger partial charge on any atom is 0.145 e. The molecule has 0 spiro atoms. The van der Waals surface area contributed by atoms with Gasteiger partial charge in [-0.2, -0.15) is 0 Å². The molecule has 0 aromatic heterocycles. The average molecular weight is 228 g/mol. The first-order valence-electron chi connectivity index (χ1n) is 5.23. The summed E-state index contributed by atoms with van der Waals surface area (Å²) in [6.07, 6.45) is 1.92. The Balaban J connectivity index is 2.40. The van der Waals surface area contributed by atoms with Crippen LogP contribution in [0.1, 0.15) is 25.3 Å². The molecule has 0 saturated heterocycles. The first-order valence-corrected chi connectivity index (χ1v) is 5.61. The highest BCUT2D eigenvalue weighted by molar-refractivity contribution is 6.30. The zero-order chi connectivity index (χ0) is 11.1. The van der Waals surface area contributed by atoms with E-state index < -0.39 is 0 Å². The first kappa shape index (κ1) is 10.9. The van der Waals surface area contributed by atoms with Gasteiger partial charge in [0.25, 0.3) is 0 Å². The molecule has 3 heteroatoms. The Labute approximate surface area is 94.4 Å². The van der Waals surface area contributed by atoms with E-state index in [2.05, 4.69) is 6.92 Å². The minimum Gasteiger partial charge on any atom is -0.330 e. The molecule has 0 unspecified atom stereocenters. The highest BCUT2D eigenvalue weighted by Gasteiger charge is 2.44. The van der Waals surface area contributed by atoms with Gasteiger partial charge in [0.15, 0.2) is 0 Å².